The van der Waals surface area contributed by atoms with Gasteiger partial charge in [-0.3, -0.25) is 9.78 Å². The Bertz CT molecular complexity index is 1660. The Morgan fingerprint density at radius 1 is 0.881 bits per heavy atom. The molecule has 0 radical (unpaired) electrons. The number of hydrogen-bond donors (Lipinski definition) is 3. The molecule has 3 aromatic carbocycles. The van der Waals surface area contributed by atoms with Gasteiger partial charge < -0.3 is 29.7 Å². The summed E-state index contributed by atoms with van der Waals surface area (Å²) in [4.78, 5) is 22.5. The molecule has 214 valence electrons. The average Bonchev–Trinajstić information content (AvgIpc) is 3.66. The first-order chi connectivity index (χ1) is 20.4. The van der Waals surface area contributed by atoms with Crippen molar-refractivity contribution in [3.8, 4) is 0 Å². The Morgan fingerprint density at radius 3 is 2.00 bits per heavy atom. The van der Waals surface area contributed by atoms with E-state index in [1.807, 2.05) is 68.4 Å². The molecule has 42 heavy (non-hydrogen) atoms. The molecule has 5 aromatic rings. The lowest BCUT2D eigenvalue weighted by molar-refractivity contribution is -0.196. The van der Waals surface area contributed by atoms with Gasteiger partial charge in [-0.15, -0.1) is 0 Å². The van der Waals surface area contributed by atoms with Gasteiger partial charge in [0.1, 0.15) is 41.1 Å². The van der Waals surface area contributed by atoms with Crippen molar-refractivity contribution in [2.75, 3.05) is 12.3 Å². The first-order valence-electron chi connectivity index (χ1n) is 14.0. The Hall–Kier alpha value is -4.28. The van der Waals surface area contributed by atoms with E-state index in [1.54, 1.807) is 6.20 Å². The predicted molar refractivity (Wildman–Crippen MR) is 158 cm³/mol. The second-order valence-electron chi connectivity index (χ2n) is 11.2. The summed E-state index contributed by atoms with van der Waals surface area (Å²) in [6.45, 7) is 3.98. The maximum atomic E-state index is 12.5. The smallest absolute Gasteiger partial charge is 0.276 e. The van der Waals surface area contributed by atoms with Gasteiger partial charge in [-0.25, -0.2) is 4.98 Å². The second kappa shape index (κ2) is 10.2. The van der Waals surface area contributed by atoms with Crippen molar-refractivity contribution in [1.82, 2.24) is 15.0 Å². The molecule has 4 N–H and O–H groups in total. The van der Waals surface area contributed by atoms with Crippen LogP contribution in [0.1, 0.15) is 42.2 Å². The molecule has 0 saturated carbocycles. The molecule has 9 nitrogen and oxygen atoms in total. The summed E-state index contributed by atoms with van der Waals surface area (Å²) < 4.78 is 26.5. The minimum atomic E-state index is -0.917. The third kappa shape index (κ3) is 4.42. The van der Waals surface area contributed by atoms with Crippen LogP contribution in [-0.2, 0) is 24.5 Å². The lowest BCUT2D eigenvalue weighted by Gasteiger charge is -2.37. The van der Waals surface area contributed by atoms with Crippen molar-refractivity contribution in [3.05, 3.63) is 130 Å². The largest absolute Gasteiger partial charge is 0.369 e. The first-order valence-corrected chi connectivity index (χ1v) is 14.0. The van der Waals surface area contributed by atoms with E-state index >= 15 is 0 Å². The maximum absolute atomic E-state index is 12.5. The highest BCUT2D eigenvalue weighted by atomic mass is 16.8. The Kier molecular flexibility index (Phi) is 6.47. The van der Waals surface area contributed by atoms with E-state index in [2.05, 4.69) is 51.4 Å². The fraction of sp³-hybridized carbons (Fsp3) is 0.273. The number of ether oxygens (including phenoxy) is 4. The molecule has 2 aliphatic rings. The topological polar surface area (TPSA) is 124 Å². The van der Waals surface area contributed by atoms with Crippen molar-refractivity contribution in [2.24, 2.45) is 0 Å². The number of nitrogens with one attached hydrogen (secondary N) is 2. The summed E-state index contributed by atoms with van der Waals surface area (Å²) >= 11 is 0. The van der Waals surface area contributed by atoms with Crippen molar-refractivity contribution in [2.45, 2.75) is 49.7 Å². The molecule has 7 rings (SSSR count). The Morgan fingerprint density at radius 2 is 1.43 bits per heavy atom. The van der Waals surface area contributed by atoms with E-state index < -0.39 is 35.8 Å². The number of nitrogens with zero attached hydrogens (tertiary/aromatic N) is 1. The predicted octanol–water partition coefficient (Wildman–Crippen LogP) is 4.80. The number of nitrogens with two attached hydrogens (primary N) is 1. The maximum Gasteiger partial charge on any atom is 0.276 e. The van der Waals surface area contributed by atoms with Crippen LogP contribution in [0.25, 0.3) is 11.0 Å². The van der Waals surface area contributed by atoms with Crippen LogP contribution in [0.15, 0.2) is 102 Å². The summed E-state index contributed by atoms with van der Waals surface area (Å²) in [6.07, 6.45) is -0.188. The standard InChI is InChI=1S/C33H32N4O5/c1-32(2)41-28-24(40-27(29(28)42-32)23-18-35-26-25(23)36-31(34)37-30(26)38)19-39-33(20-12-6-3-7-13-20,21-14-8-4-9-15-21)22-16-10-5-11-17-22/h3-18,24,27-29,35H,19H2,1-2H3,(H3,34,36,37,38)/t24-,27+,28-,29+/m1/s1. The zero-order chi connectivity index (χ0) is 28.9. The van der Waals surface area contributed by atoms with Gasteiger partial charge in [0.25, 0.3) is 5.56 Å². The van der Waals surface area contributed by atoms with Gasteiger partial charge in [0.15, 0.2) is 5.79 Å². The van der Waals surface area contributed by atoms with Crippen LogP contribution in [-0.4, -0.2) is 45.7 Å². The zero-order valence-electron chi connectivity index (χ0n) is 23.3. The van der Waals surface area contributed by atoms with Crippen LogP contribution >= 0.6 is 0 Å². The lowest BCUT2D eigenvalue weighted by atomic mass is 9.80. The SMILES string of the molecule is CC1(C)O[C@@H]2[C@H](O1)[C@@H](COC(c1ccccc1)(c1ccccc1)c1ccccc1)O[C@H]2c1c[nH]c2c(=O)[nH]c(N)nc12. The van der Waals surface area contributed by atoms with Gasteiger partial charge in [-0.05, 0) is 30.5 Å². The van der Waals surface area contributed by atoms with Gasteiger partial charge in [0.2, 0.25) is 5.95 Å². The number of aromatic amines is 2. The fourth-order valence-corrected chi connectivity index (χ4v) is 6.31. The fourth-order valence-electron chi connectivity index (χ4n) is 6.31. The first kappa shape index (κ1) is 26.6. The summed E-state index contributed by atoms with van der Waals surface area (Å²) in [6, 6.07) is 30.6. The number of aromatic nitrogens is 3. The van der Waals surface area contributed by atoms with Crippen LogP contribution < -0.4 is 11.3 Å². The third-order valence-electron chi connectivity index (χ3n) is 8.04. The molecule has 9 heteroatoms. The minimum Gasteiger partial charge on any atom is -0.369 e. The quantitative estimate of drug-likeness (QED) is 0.243. The number of nitrogen functional groups attached to an aromatic ring is 1. The Balaban J connectivity index is 1.29. The average molecular weight is 565 g/mol. The molecular weight excluding hydrogens is 532 g/mol. The molecule has 2 aliphatic heterocycles. The molecular formula is C33H32N4O5. The molecule has 2 fully saturated rings. The van der Waals surface area contributed by atoms with Crippen LogP contribution in [0.4, 0.5) is 5.95 Å². The van der Waals surface area contributed by atoms with Crippen molar-refractivity contribution in [3.63, 3.8) is 0 Å². The van der Waals surface area contributed by atoms with E-state index in [4.69, 9.17) is 24.7 Å². The number of rotatable bonds is 7. The third-order valence-corrected chi connectivity index (χ3v) is 8.04. The summed E-state index contributed by atoms with van der Waals surface area (Å²) in [5.41, 5.74) is 9.07. The molecule has 0 spiro atoms. The van der Waals surface area contributed by atoms with Gasteiger partial charge in [-0.1, -0.05) is 91.0 Å². The van der Waals surface area contributed by atoms with Gasteiger partial charge in [0, 0.05) is 11.8 Å². The molecule has 4 heterocycles. The second-order valence-corrected chi connectivity index (χ2v) is 11.2. The number of hydrogen-bond acceptors (Lipinski definition) is 7. The van der Waals surface area contributed by atoms with Crippen LogP contribution in [0.2, 0.25) is 0 Å². The molecule has 0 unspecified atom stereocenters. The van der Waals surface area contributed by atoms with E-state index in [9.17, 15) is 4.79 Å². The lowest BCUT2D eigenvalue weighted by Crippen LogP contribution is -2.39. The molecule has 0 bridgehead atoms. The van der Waals surface area contributed by atoms with Crippen LogP contribution in [0.3, 0.4) is 0 Å². The van der Waals surface area contributed by atoms with Crippen molar-refractivity contribution >= 4 is 17.0 Å². The highest BCUT2D eigenvalue weighted by molar-refractivity contribution is 5.79. The van der Waals surface area contributed by atoms with Crippen molar-refractivity contribution < 1.29 is 18.9 Å². The molecule has 2 saturated heterocycles. The summed E-state index contributed by atoms with van der Waals surface area (Å²) in [5.74, 6) is -0.800. The molecule has 0 aliphatic carbocycles. The summed E-state index contributed by atoms with van der Waals surface area (Å²) in [7, 11) is 0. The molecule has 4 atom stereocenters. The number of anilines is 1. The zero-order valence-corrected chi connectivity index (χ0v) is 23.3. The molecule has 2 aromatic heterocycles. The number of H-pyrrole nitrogens is 2. The van der Waals surface area contributed by atoms with Crippen LogP contribution in [0, 0.1) is 0 Å². The van der Waals surface area contributed by atoms with Gasteiger partial charge in [0.05, 0.1) is 6.61 Å². The van der Waals surface area contributed by atoms with Gasteiger partial charge >= 0.3 is 0 Å². The number of benzene rings is 3. The van der Waals surface area contributed by atoms with E-state index in [0.29, 0.717) is 16.6 Å². The Labute approximate surface area is 242 Å². The highest BCUT2D eigenvalue weighted by Gasteiger charge is 2.56. The molecule has 0 amide bonds. The normalized spacial score (nSPS) is 23.3. The van der Waals surface area contributed by atoms with E-state index in [1.165, 1.54) is 0 Å². The minimum absolute atomic E-state index is 0.0325. The summed E-state index contributed by atoms with van der Waals surface area (Å²) in [5, 5.41) is 0. The van der Waals surface area contributed by atoms with E-state index in [0.717, 1.165) is 16.7 Å². The number of fused-ring (bicyclic) bond motifs is 2. The van der Waals surface area contributed by atoms with Crippen molar-refractivity contribution in [1.29, 1.82) is 0 Å². The highest BCUT2D eigenvalue weighted by Crippen LogP contribution is 2.48. The van der Waals surface area contributed by atoms with Gasteiger partial charge in [-0.2, -0.15) is 0 Å². The van der Waals surface area contributed by atoms with Crippen LogP contribution in [0.5, 0.6) is 0 Å². The van der Waals surface area contributed by atoms with E-state index in [-0.39, 0.29) is 18.1 Å². The monoisotopic (exact) mass is 564 g/mol.